The van der Waals surface area contributed by atoms with E-state index in [-0.39, 0.29) is 5.91 Å². The fraction of sp³-hybridized carbons (Fsp3) is 0.583. The number of carbonyl (C=O) groups is 1. The SMILES string of the molecule is CC(=O)N1CCn2c(CN(C)C)ccc2C1. The van der Waals surface area contributed by atoms with Crippen LogP contribution in [0.15, 0.2) is 12.1 Å². The van der Waals surface area contributed by atoms with E-state index in [9.17, 15) is 4.79 Å². The van der Waals surface area contributed by atoms with Gasteiger partial charge in [-0.25, -0.2) is 0 Å². The van der Waals surface area contributed by atoms with Crippen LogP contribution < -0.4 is 0 Å². The van der Waals surface area contributed by atoms with Crippen LogP contribution in [0.4, 0.5) is 0 Å². The average Bonchev–Trinajstić information content (AvgIpc) is 2.60. The topological polar surface area (TPSA) is 28.5 Å². The number of rotatable bonds is 2. The van der Waals surface area contributed by atoms with Crippen molar-refractivity contribution in [3.63, 3.8) is 0 Å². The highest BCUT2D eigenvalue weighted by atomic mass is 16.2. The predicted octanol–water partition coefficient (Wildman–Crippen LogP) is 0.912. The van der Waals surface area contributed by atoms with E-state index in [1.807, 2.05) is 4.90 Å². The first-order chi connectivity index (χ1) is 7.58. The first-order valence-electron chi connectivity index (χ1n) is 5.65. The molecule has 2 rings (SSSR count). The van der Waals surface area contributed by atoms with Crippen molar-refractivity contribution in [3.05, 3.63) is 23.5 Å². The lowest BCUT2D eigenvalue weighted by atomic mass is 10.3. The molecule has 0 unspecified atom stereocenters. The van der Waals surface area contributed by atoms with Gasteiger partial charge in [0.1, 0.15) is 0 Å². The highest BCUT2D eigenvalue weighted by Gasteiger charge is 2.19. The molecule has 1 amide bonds. The van der Waals surface area contributed by atoms with Crippen molar-refractivity contribution < 1.29 is 4.79 Å². The molecule has 4 heteroatoms. The van der Waals surface area contributed by atoms with Crippen molar-refractivity contribution in [1.82, 2.24) is 14.4 Å². The molecular formula is C12H19N3O. The molecule has 0 aliphatic carbocycles. The summed E-state index contributed by atoms with van der Waals surface area (Å²) in [6.07, 6.45) is 0. The molecule has 0 bridgehead atoms. The lowest BCUT2D eigenvalue weighted by molar-refractivity contribution is -0.130. The molecule has 0 radical (unpaired) electrons. The van der Waals surface area contributed by atoms with Crippen molar-refractivity contribution in [2.45, 2.75) is 26.6 Å². The van der Waals surface area contributed by atoms with E-state index >= 15 is 0 Å². The molecule has 4 nitrogen and oxygen atoms in total. The second kappa shape index (κ2) is 4.29. The molecule has 16 heavy (non-hydrogen) atoms. The molecule has 0 fully saturated rings. The maximum atomic E-state index is 11.3. The zero-order chi connectivity index (χ0) is 11.7. The zero-order valence-electron chi connectivity index (χ0n) is 10.2. The molecule has 2 heterocycles. The minimum Gasteiger partial charge on any atom is -0.344 e. The molecule has 0 saturated heterocycles. The molecular weight excluding hydrogens is 202 g/mol. The zero-order valence-corrected chi connectivity index (χ0v) is 10.2. The summed E-state index contributed by atoms with van der Waals surface area (Å²) < 4.78 is 2.33. The molecule has 1 aliphatic heterocycles. The van der Waals surface area contributed by atoms with Gasteiger partial charge in [0.15, 0.2) is 0 Å². The third kappa shape index (κ3) is 2.11. The van der Waals surface area contributed by atoms with Crippen LogP contribution in [0.5, 0.6) is 0 Å². The Kier molecular flexibility index (Phi) is 3.01. The van der Waals surface area contributed by atoms with Crippen molar-refractivity contribution in [1.29, 1.82) is 0 Å². The standard InChI is InChI=1S/C12H19N3O/c1-10(16)14-6-7-15-11(8-13(2)3)4-5-12(15)9-14/h4-5H,6-9H2,1-3H3. The van der Waals surface area contributed by atoms with E-state index in [0.717, 1.165) is 26.2 Å². The summed E-state index contributed by atoms with van der Waals surface area (Å²) in [7, 11) is 4.15. The van der Waals surface area contributed by atoms with Gasteiger partial charge in [-0.15, -0.1) is 0 Å². The van der Waals surface area contributed by atoms with E-state index in [1.165, 1.54) is 11.4 Å². The molecule has 1 aliphatic rings. The Morgan fingerprint density at radius 2 is 2.12 bits per heavy atom. The summed E-state index contributed by atoms with van der Waals surface area (Å²) in [5.41, 5.74) is 2.58. The van der Waals surface area contributed by atoms with Crippen LogP contribution >= 0.6 is 0 Å². The molecule has 88 valence electrons. The van der Waals surface area contributed by atoms with Gasteiger partial charge in [0.2, 0.25) is 5.91 Å². The largest absolute Gasteiger partial charge is 0.344 e. The van der Waals surface area contributed by atoms with Crippen LogP contribution in [0.1, 0.15) is 18.3 Å². The van der Waals surface area contributed by atoms with Crippen molar-refractivity contribution in [2.75, 3.05) is 20.6 Å². The first kappa shape index (κ1) is 11.2. The van der Waals surface area contributed by atoms with Crippen LogP contribution in [0.25, 0.3) is 0 Å². The highest BCUT2D eigenvalue weighted by Crippen LogP contribution is 2.17. The average molecular weight is 221 g/mol. The van der Waals surface area contributed by atoms with Crippen LogP contribution in [0.3, 0.4) is 0 Å². The van der Waals surface area contributed by atoms with E-state index in [0.29, 0.717) is 0 Å². The third-order valence-electron chi connectivity index (χ3n) is 3.03. The summed E-state index contributed by atoms with van der Waals surface area (Å²) in [6.45, 7) is 5.10. The van der Waals surface area contributed by atoms with Crippen LogP contribution in [-0.2, 0) is 24.4 Å². The summed E-state index contributed by atoms with van der Waals surface area (Å²) in [5, 5.41) is 0. The lowest BCUT2D eigenvalue weighted by Crippen LogP contribution is -2.37. The maximum absolute atomic E-state index is 11.3. The van der Waals surface area contributed by atoms with Crippen molar-refractivity contribution in [2.24, 2.45) is 0 Å². The lowest BCUT2D eigenvalue weighted by Gasteiger charge is -2.29. The van der Waals surface area contributed by atoms with Gasteiger partial charge in [0.05, 0.1) is 6.54 Å². The van der Waals surface area contributed by atoms with Gasteiger partial charge in [-0.05, 0) is 26.2 Å². The van der Waals surface area contributed by atoms with Gasteiger partial charge in [-0.1, -0.05) is 0 Å². The van der Waals surface area contributed by atoms with Gasteiger partial charge in [-0.2, -0.15) is 0 Å². The number of amides is 1. The van der Waals surface area contributed by atoms with E-state index in [1.54, 1.807) is 6.92 Å². The number of hydrogen-bond donors (Lipinski definition) is 0. The molecule has 0 aromatic carbocycles. The number of nitrogens with zero attached hydrogens (tertiary/aromatic N) is 3. The number of fused-ring (bicyclic) bond motifs is 1. The van der Waals surface area contributed by atoms with E-state index in [2.05, 4.69) is 35.7 Å². The minimum atomic E-state index is 0.168. The number of carbonyl (C=O) groups excluding carboxylic acids is 1. The van der Waals surface area contributed by atoms with Crippen LogP contribution in [-0.4, -0.2) is 40.9 Å². The maximum Gasteiger partial charge on any atom is 0.219 e. The van der Waals surface area contributed by atoms with Gasteiger partial charge in [0, 0.05) is 37.9 Å². The second-order valence-corrected chi connectivity index (χ2v) is 4.65. The van der Waals surface area contributed by atoms with Gasteiger partial charge >= 0.3 is 0 Å². The minimum absolute atomic E-state index is 0.168. The summed E-state index contributed by atoms with van der Waals surface area (Å²) in [4.78, 5) is 15.4. The highest BCUT2D eigenvalue weighted by molar-refractivity contribution is 5.73. The first-order valence-corrected chi connectivity index (χ1v) is 5.65. The quantitative estimate of drug-likeness (QED) is 0.742. The Labute approximate surface area is 96.4 Å². The van der Waals surface area contributed by atoms with Crippen LogP contribution in [0, 0.1) is 0 Å². The van der Waals surface area contributed by atoms with Gasteiger partial charge in [-0.3, -0.25) is 4.79 Å². The summed E-state index contributed by atoms with van der Waals surface area (Å²) in [5.74, 6) is 0.168. The van der Waals surface area contributed by atoms with Crippen molar-refractivity contribution >= 4 is 5.91 Å². The Hall–Kier alpha value is -1.29. The fourth-order valence-corrected chi connectivity index (χ4v) is 2.21. The monoisotopic (exact) mass is 221 g/mol. The Balaban J connectivity index is 2.17. The number of hydrogen-bond acceptors (Lipinski definition) is 2. The Morgan fingerprint density at radius 1 is 1.38 bits per heavy atom. The third-order valence-corrected chi connectivity index (χ3v) is 3.03. The second-order valence-electron chi connectivity index (χ2n) is 4.65. The predicted molar refractivity (Wildman–Crippen MR) is 62.9 cm³/mol. The van der Waals surface area contributed by atoms with Gasteiger partial charge < -0.3 is 14.4 Å². The van der Waals surface area contributed by atoms with Crippen LogP contribution in [0.2, 0.25) is 0 Å². The van der Waals surface area contributed by atoms with E-state index in [4.69, 9.17) is 0 Å². The molecule has 1 aromatic heterocycles. The fourth-order valence-electron chi connectivity index (χ4n) is 2.21. The molecule has 0 saturated carbocycles. The number of aromatic nitrogens is 1. The Bertz CT molecular complexity index is 395. The van der Waals surface area contributed by atoms with E-state index < -0.39 is 0 Å². The molecule has 0 N–H and O–H groups in total. The molecule has 1 aromatic rings. The normalized spacial score (nSPS) is 15.4. The molecule has 0 spiro atoms. The molecule has 0 atom stereocenters. The smallest absolute Gasteiger partial charge is 0.219 e. The van der Waals surface area contributed by atoms with Gasteiger partial charge in [0.25, 0.3) is 0 Å². The summed E-state index contributed by atoms with van der Waals surface area (Å²) in [6, 6.07) is 4.30. The summed E-state index contributed by atoms with van der Waals surface area (Å²) >= 11 is 0. The Morgan fingerprint density at radius 3 is 2.75 bits per heavy atom. The van der Waals surface area contributed by atoms with Crippen molar-refractivity contribution in [3.8, 4) is 0 Å².